The third kappa shape index (κ3) is 2.47. The molecule has 4 heteroatoms. The zero-order chi connectivity index (χ0) is 12.1. The van der Waals surface area contributed by atoms with Crippen molar-refractivity contribution in [1.29, 1.82) is 0 Å². The molecular weight excluding hydrogens is 216 g/mol. The molecule has 0 saturated carbocycles. The number of nitrogens with one attached hydrogen (secondary N) is 1. The number of ether oxygens (including phenoxy) is 2. The van der Waals surface area contributed by atoms with Gasteiger partial charge in [0.1, 0.15) is 11.6 Å². The molecule has 0 unspecified atom stereocenters. The van der Waals surface area contributed by atoms with Crippen LogP contribution in [0, 0.1) is 0 Å². The van der Waals surface area contributed by atoms with Crippen molar-refractivity contribution in [3.8, 4) is 5.75 Å². The number of anilines is 1. The fourth-order valence-corrected chi connectivity index (χ4v) is 1.77. The van der Waals surface area contributed by atoms with Crippen LogP contribution >= 0.6 is 0 Å². The van der Waals surface area contributed by atoms with Gasteiger partial charge >= 0.3 is 0 Å². The number of hydrogen-bond acceptors (Lipinski definition) is 4. The highest BCUT2D eigenvalue weighted by Gasteiger charge is 2.05. The molecule has 2 aromatic rings. The monoisotopic (exact) mass is 232 g/mol. The van der Waals surface area contributed by atoms with Crippen molar-refractivity contribution >= 4 is 16.6 Å². The molecule has 17 heavy (non-hydrogen) atoms. The summed E-state index contributed by atoms with van der Waals surface area (Å²) in [5, 5.41) is 5.37. The Kier molecular flexibility index (Phi) is 3.77. The minimum atomic E-state index is 0.655. The fourth-order valence-electron chi connectivity index (χ4n) is 1.77. The summed E-state index contributed by atoms with van der Waals surface area (Å²) in [6, 6.07) is 7.89. The number of benzene rings is 1. The standard InChI is InChI=1S/C13H16N2O2/c1-16-9-8-15-13-11-4-3-5-12(17-2)10(11)6-7-14-13/h3-7H,8-9H2,1-2H3,(H,14,15). The average molecular weight is 232 g/mol. The first kappa shape index (κ1) is 11.7. The van der Waals surface area contributed by atoms with Gasteiger partial charge in [-0.1, -0.05) is 12.1 Å². The van der Waals surface area contributed by atoms with E-state index >= 15 is 0 Å². The second kappa shape index (κ2) is 5.50. The van der Waals surface area contributed by atoms with Gasteiger partial charge < -0.3 is 14.8 Å². The molecule has 0 aliphatic carbocycles. The van der Waals surface area contributed by atoms with E-state index in [1.54, 1.807) is 20.4 Å². The molecule has 0 radical (unpaired) electrons. The summed E-state index contributed by atoms with van der Waals surface area (Å²) in [7, 11) is 3.36. The predicted octanol–water partition coefficient (Wildman–Crippen LogP) is 2.30. The molecule has 1 aromatic heterocycles. The van der Waals surface area contributed by atoms with Crippen LogP contribution in [-0.2, 0) is 4.74 Å². The smallest absolute Gasteiger partial charge is 0.134 e. The molecule has 0 fully saturated rings. The van der Waals surface area contributed by atoms with Crippen molar-refractivity contribution in [1.82, 2.24) is 4.98 Å². The maximum atomic E-state index is 5.33. The van der Waals surface area contributed by atoms with Crippen molar-refractivity contribution in [2.45, 2.75) is 0 Å². The zero-order valence-corrected chi connectivity index (χ0v) is 10.1. The van der Waals surface area contributed by atoms with Crippen molar-refractivity contribution in [3.63, 3.8) is 0 Å². The Hall–Kier alpha value is -1.81. The Morgan fingerprint density at radius 3 is 2.82 bits per heavy atom. The van der Waals surface area contributed by atoms with Gasteiger partial charge in [-0.2, -0.15) is 0 Å². The molecule has 0 spiro atoms. The van der Waals surface area contributed by atoms with Crippen LogP contribution in [0.15, 0.2) is 30.5 Å². The largest absolute Gasteiger partial charge is 0.496 e. The first-order valence-corrected chi connectivity index (χ1v) is 5.51. The summed E-state index contributed by atoms with van der Waals surface area (Å²) >= 11 is 0. The number of aromatic nitrogens is 1. The number of fused-ring (bicyclic) bond motifs is 1. The summed E-state index contributed by atoms with van der Waals surface area (Å²) in [6.07, 6.45) is 1.78. The second-order valence-electron chi connectivity index (χ2n) is 3.63. The molecule has 0 saturated heterocycles. The fraction of sp³-hybridized carbons (Fsp3) is 0.308. The van der Waals surface area contributed by atoms with Crippen molar-refractivity contribution in [2.24, 2.45) is 0 Å². The van der Waals surface area contributed by atoms with Gasteiger partial charge in [0.05, 0.1) is 13.7 Å². The summed E-state index contributed by atoms with van der Waals surface area (Å²) in [4.78, 5) is 4.33. The number of pyridine rings is 1. The maximum Gasteiger partial charge on any atom is 0.134 e. The van der Waals surface area contributed by atoms with Crippen LogP contribution in [0.4, 0.5) is 5.82 Å². The number of hydrogen-bond donors (Lipinski definition) is 1. The lowest BCUT2D eigenvalue weighted by Gasteiger charge is -2.10. The summed E-state index contributed by atoms with van der Waals surface area (Å²) in [5.41, 5.74) is 0. The molecule has 1 aromatic carbocycles. The van der Waals surface area contributed by atoms with Gasteiger partial charge in [0.15, 0.2) is 0 Å². The van der Waals surface area contributed by atoms with E-state index in [2.05, 4.69) is 10.3 Å². The van der Waals surface area contributed by atoms with E-state index < -0.39 is 0 Å². The molecule has 0 atom stereocenters. The molecule has 0 aliphatic rings. The third-order valence-corrected chi connectivity index (χ3v) is 2.58. The third-order valence-electron chi connectivity index (χ3n) is 2.58. The first-order valence-electron chi connectivity index (χ1n) is 5.51. The molecule has 0 amide bonds. The van der Waals surface area contributed by atoms with Crippen LogP contribution in [0.25, 0.3) is 10.8 Å². The SMILES string of the molecule is COCCNc1nccc2c(OC)cccc12. The molecule has 0 aliphatic heterocycles. The van der Waals surface area contributed by atoms with Crippen LogP contribution in [0.5, 0.6) is 5.75 Å². The van der Waals surface area contributed by atoms with Crippen LogP contribution in [0.2, 0.25) is 0 Å². The van der Waals surface area contributed by atoms with Gasteiger partial charge in [-0.25, -0.2) is 4.98 Å². The van der Waals surface area contributed by atoms with Gasteiger partial charge in [-0.3, -0.25) is 0 Å². The topological polar surface area (TPSA) is 43.4 Å². The number of methoxy groups -OCH3 is 2. The Bertz CT molecular complexity index is 500. The van der Waals surface area contributed by atoms with Crippen molar-refractivity contribution in [3.05, 3.63) is 30.5 Å². The Morgan fingerprint density at radius 1 is 1.18 bits per heavy atom. The van der Waals surface area contributed by atoms with E-state index in [0.717, 1.165) is 28.9 Å². The summed E-state index contributed by atoms with van der Waals surface area (Å²) in [6.45, 7) is 1.39. The van der Waals surface area contributed by atoms with Crippen molar-refractivity contribution < 1.29 is 9.47 Å². The lowest BCUT2D eigenvalue weighted by atomic mass is 10.1. The summed E-state index contributed by atoms with van der Waals surface area (Å²) in [5.74, 6) is 1.72. The maximum absolute atomic E-state index is 5.33. The Morgan fingerprint density at radius 2 is 2.06 bits per heavy atom. The molecule has 0 bridgehead atoms. The van der Waals surface area contributed by atoms with E-state index in [1.165, 1.54) is 0 Å². The van der Waals surface area contributed by atoms with Crippen LogP contribution < -0.4 is 10.1 Å². The lowest BCUT2D eigenvalue weighted by molar-refractivity contribution is 0.210. The number of rotatable bonds is 5. The zero-order valence-electron chi connectivity index (χ0n) is 10.1. The number of nitrogens with zero attached hydrogens (tertiary/aromatic N) is 1. The van der Waals surface area contributed by atoms with E-state index in [9.17, 15) is 0 Å². The highest BCUT2D eigenvalue weighted by molar-refractivity contribution is 5.95. The van der Waals surface area contributed by atoms with Gasteiger partial charge in [0.25, 0.3) is 0 Å². The highest BCUT2D eigenvalue weighted by atomic mass is 16.5. The summed E-state index contributed by atoms with van der Waals surface area (Å²) < 4.78 is 10.3. The van der Waals surface area contributed by atoms with E-state index in [0.29, 0.717) is 6.61 Å². The molecule has 4 nitrogen and oxygen atoms in total. The predicted molar refractivity (Wildman–Crippen MR) is 68.7 cm³/mol. The van der Waals surface area contributed by atoms with Crippen LogP contribution in [-0.4, -0.2) is 32.4 Å². The minimum absolute atomic E-state index is 0.655. The Labute approximate surface area is 101 Å². The Balaban J connectivity index is 2.36. The van der Waals surface area contributed by atoms with Gasteiger partial charge in [-0.15, -0.1) is 0 Å². The minimum Gasteiger partial charge on any atom is -0.496 e. The van der Waals surface area contributed by atoms with E-state index in [1.807, 2.05) is 24.3 Å². The molecule has 2 rings (SSSR count). The molecule has 90 valence electrons. The molecular formula is C13H16N2O2. The normalized spacial score (nSPS) is 10.5. The lowest BCUT2D eigenvalue weighted by Crippen LogP contribution is -2.09. The average Bonchev–Trinajstić information content (AvgIpc) is 2.38. The van der Waals surface area contributed by atoms with Crippen LogP contribution in [0.3, 0.4) is 0 Å². The van der Waals surface area contributed by atoms with Gasteiger partial charge in [-0.05, 0) is 12.1 Å². The quantitative estimate of drug-likeness (QED) is 0.803. The first-order chi connectivity index (χ1) is 8.36. The second-order valence-corrected chi connectivity index (χ2v) is 3.63. The van der Waals surface area contributed by atoms with E-state index in [-0.39, 0.29) is 0 Å². The van der Waals surface area contributed by atoms with Gasteiger partial charge in [0, 0.05) is 30.6 Å². The van der Waals surface area contributed by atoms with Gasteiger partial charge in [0.2, 0.25) is 0 Å². The van der Waals surface area contributed by atoms with E-state index in [4.69, 9.17) is 9.47 Å². The highest BCUT2D eigenvalue weighted by Crippen LogP contribution is 2.28. The van der Waals surface area contributed by atoms with Crippen molar-refractivity contribution in [2.75, 3.05) is 32.7 Å². The molecule has 1 heterocycles. The molecule has 1 N–H and O–H groups in total. The van der Waals surface area contributed by atoms with Crippen LogP contribution in [0.1, 0.15) is 0 Å².